The highest BCUT2D eigenvalue weighted by molar-refractivity contribution is 6.68. The summed E-state index contributed by atoms with van der Waals surface area (Å²) in [7, 11) is 3.35. The van der Waals surface area contributed by atoms with Crippen molar-refractivity contribution in [2.45, 2.75) is 76.7 Å². The summed E-state index contributed by atoms with van der Waals surface area (Å²) in [5.74, 6) is 0. The quantitative estimate of drug-likeness (QED) is 0.319. The van der Waals surface area contributed by atoms with E-state index in [0.29, 0.717) is 0 Å². The Hall–Kier alpha value is 0.194. The van der Waals surface area contributed by atoms with Crippen LogP contribution in [-0.4, -0.2) is 64.2 Å². The van der Waals surface area contributed by atoms with Gasteiger partial charge in [-0.15, -0.1) is 0 Å². The van der Waals surface area contributed by atoms with E-state index in [1.807, 2.05) is 0 Å². The third-order valence-corrected chi connectivity index (χ3v) is 11.6. The molecule has 0 spiro atoms. The van der Waals surface area contributed by atoms with E-state index in [4.69, 9.17) is 22.1 Å². The number of rotatable bonds is 16. The monoisotopic (exact) mass is 395 g/mol. The Morgan fingerprint density at radius 3 is 1.64 bits per heavy atom. The summed E-state index contributed by atoms with van der Waals surface area (Å²) in [6.07, 6.45) is 8.11. The van der Waals surface area contributed by atoms with E-state index >= 15 is 0 Å². The lowest BCUT2D eigenvalue weighted by Gasteiger charge is -2.39. The zero-order valence-electron chi connectivity index (χ0n) is 17.6. The van der Waals surface area contributed by atoms with Gasteiger partial charge in [-0.05, 0) is 19.4 Å². The molecule has 0 radical (unpaired) electrons. The lowest BCUT2D eigenvalue weighted by atomic mass is 10.1. The van der Waals surface area contributed by atoms with Crippen LogP contribution in [0.1, 0.15) is 58.8 Å². The van der Waals surface area contributed by atoms with Crippen LogP contribution in [0.3, 0.4) is 0 Å². The van der Waals surface area contributed by atoms with Gasteiger partial charge >= 0.3 is 17.4 Å². The molecule has 2 unspecified atom stereocenters. The van der Waals surface area contributed by atoms with Crippen molar-refractivity contribution in [2.75, 3.05) is 35.5 Å². The maximum Gasteiger partial charge on any atom is 0.517 e. The van der Waals surface area contributed by atoms with E-state index in [0.717, 1.165) is 19.3 Å². The van der Waals surface area contributed by atoms with Gasteiger partial charge < -0.3 is 27.4 Å². The molecule has 0 saturated heterocycles. The molecule has 0 aliphatic rings. The molecule has 0 aliphatic carbocycles. The molecular formula is C17H41NO5Si2. The fourth-order valence-electron chi connectivity index (χ4n) is 3.21. The summed E-state index contributed by atoms with van der Waals surface area (Å²) in [4.78, 5) is 0. The molecule has 0 amide bonds. The molecule has 0 fully saturated rings. The highest BCUT2D eigenvalue weighted by Gasteiger charge is 2.50. The van der Waals surface area contributed by atoms with Gasteiger partial charge in [-0.25, -0.2) is 0 Å². The van der Waals surface area contributed by atoms with E-state index in [9.17, 15) is 0 Å². The van der Waals surface area contributed by atoms with Crippen molar-refractivity contribution < 1.29 is 22.1 Å². The smallest absolute Gasteiger partial charge is 0.397 e. The molecule has 0 bridgehead atoms. The highest BCUT2D eigenvalue weighted by atomic mass is 28.4. The summed E-state index contributed by atoms with van der Waals surface area (Å²) in [6.45, 7) is 6.47. The molecule has 2 atom stereocenters. The van der Waals surface area contributed by atoms with Crippen molar-refractivity contribution in [3.63, 3.8) is 0 Å². The number of hydrogen-bond donors (Lipinski definition) is 1. The van der Waals surface area contributed by atoms with Gasteiger partial charge in [0.25, 0.3) is 0 Å². The zero-order valence-corrected chi connectivity index (χ0v) is 19.6. The molecule has 0 aromatic rings. The van der Waals surface area contributed by atoms with Crippen LogP contribution in [0.5, 0.6) is 0 Å². The average Bonchev–Trinajstić information content (AvgIpc) is 2.66. The Bertz CT molecular complexity index is 320. The van der Waals surface area contributed by atoms with Crippen LogP contribution in [0.4, 0.5) is 0 Å². The second kappa shape index (κ2) is 13.4. The van der Waals surface area contributed by atoms with E-state index in [-0.39, 0.29) is 11.3 Å². The Balaban J connectivity index is 5.17. The predicted molar refractivity (Wildman–Crippen MR) is 107 cm³/mol. The molecule has 0 aromatic carbocycles. The molecule has 0 heterocycles. The minimum atomic E-state index is -2.77. The van der Waals surface area contributed by atoms with Crippen molar-refractivity contribution in [3.05, 3.63) is 0 Å². The fraction of sp³-hybridized carbons (Fsp3) is 1.00. The van der Waals surface area contributed by atoms with Crippen LogP contribution >= 0.6 is 0 Å². The Morgan fingerprint density at radius 1 is 0.720 bits per heavy atom. The van der Waals surface area contributed by atoms with Crippen LogP contribution < -0.4 is 5.32 Å². The number of unbranched alkanes of at least 4 members (excludes halogenated alkanes) is 4. The second-order valence-corrected chi connectivity index (χ2v) is 13.2. The molecule has 0 saturated carbocycles. The molecule has 1 N–H and O–H groups in total. The summed E-state index contributed by atoms with van der Waals surface area (Å²) < 4.78 is 28.7. The molecule has 0 rings (SSSR count). The third kappa shape index (κ3) is 7.38. The molecular weight excluding hydrogens is 354 g/mol. The van der Waals surface area contributed by atoms with Crippen molar-refractivity contribution in [3.8, 4) is 0 Å². The van der Waals surface area contributed by atoms with Gasteiger partial charge in [0.15, 0.2) is 0 Å². The molecule has 152 valence electrons. The predicted octanol–water partition coefficient (Wildman–Crippen LogP) is 3.41. The van der Waals surface area contributed by atoms with E-state index < -0.39 is 17.4 Å². The van der Waals surface area contributed by atoms with Crippen LogP contribution in [-0.2, 0) is 22.1 Å². The first-order valence-electron chi connectivity index (χ1n) is 9.45. The van der Waals surface area contributed by atoms with Gasteiger partial charge in [-0.3, -0.25) is 0 Å². The average molecular weight is 396 g/mol. The van der Waals surface area contributed by atoms with E-state index in [1.54, 1.807) is 35.5 Å². The third-order valence-electron chi connectivity index (χ3n) is 5.13. The van der Waals surface area contributed by atoms with Gasteiger partial charge in [0.1, 0.15) is 0 Å². The SMILES string of the molecule is CCCCCCCC(NC(CC)[Si](OC)(OC)OC)[Si](C)(OC)OC. The lowest BCUT2D eigenvalue weighted by Crippen LogP contribution is -2.67. The Kier molecular flexibility index (Phi) is 13.5. The van der Waals surface area contributed by atoms with Crippen LogP contribution in [0.2, 0.25) is 6.55 Å². The minimum Gasteiger partial charge on any atom is -0.397 e. The van der Waals surface area contributed by atoms with Gasteiger partial charge in [0.2, 0.25) is 0 Å². The van der Waals surface area contributed by atoms with Gasteiger partial charge in [0, 0.05) is 35.5 Å². The Labute approximate surface area is 157 Å². The normalized spacial score (nSPS) is 15.4. The van der Waals surface area contributed by atoms with E-state index in [2.05, 4.69) is 25.7 Å². The molecule has 0 aromatic heterocycles. The first-order chi connectivity index (χ1) is 11.9. The maximum absolute atomic E-state index is 5.83. The number of hydrogen-bond acceptors (Lipinski definition) is 6. The standard InChI is InChI=1S/C17H41NO5Si2/c1-9-11-12-13-14-15-17(24(8,19-3)20-4)18-16(10-2)25(21-5,22-6)23-7/h16-18H,9-15H2,1-8H3. The maximum atomic E-state index is 5.83. The van der Waals surface area contributed by atoms with Gasteiger partial charge in [-0.1, -0.05) is 46.0 Å². The second-order valence-electron chi connectivity index (χ2n) is 6.52. The van der Waals surface area contributed by atoms with E-state index in [1.165, 1.54) is 25.7 Å². The summed E-state index contributed by atoms with van der Waals surface area (Å²) >= 11 is 0. The Morgan fingerprint density at radius 2 is 1.24 bits per heavy atom. The molecule has 8 heteroatoms. The molecule has 25 heavy (non-hydrogen) atoms. The van der Waals surface area contributed by atoms with Crippen molar-refractivity contribution >= 4 is 17.4 Å². The zero-order chi connectivity index (χ0) is 19.3. The largest absolute Gasteiger partial charge is 0.517 e. The molecule has 6 nitrogen and oxygen atoms in total. The molecule has 0 aliphatic heterocycles. The van der Waals surface area contributed by atoms with Crippen molar-refractivity contribution in [1.82, 2.24) is 5.32 Å². The van der Waals surface area contributed by atoms with Crippen LogP contribution in [0, 0.1) is 0 Å². The number of nitrogens with one attached hydrogen (secondary N) is 1. The highest BCUT2D eigenvalue weighted by Crippen LogP contribution is 2.22. The van der Waals surface area contributed by atoms with Crippen molar-refractivity contribution in [1.29, 1.82) is 0 Å². The first-order valence-corrected chi connectivity index (χ1v) is 13.6. The first kappa shape index (κ1) is 25.2. The summed E-state index contributed by atoms with van der Waals surface area (Å²) in [6, 6.07) is 0. The van der Waals surface area contributed by atoms with Gasteiger partial charge in [0.05, 0.1) is 11.3 Å². The van der Waals surface area contributed by atoms with Crippen molar-refractivity contribution in [2.24, 2.45) is 0 Å². The van der Waals surface area contributed by atoms with Crippen LogP contribution in [0.25, 0.3) is 0 Å². The topological polar surface area (TPSA) is 58.2 Å². The lowest BCUT2D eigenvalue weighted by molar-refractivity contribution is 0.103. The summed E-state index contributed by atoms with van der Waals surface area (Å²) in [5, 5.41) is 3.73. The van der Waals surface area contributed by atoms with Crippen LogP contribution in [0.15, 0.2) is 0 Å². The fourth-order valence-corrected chi connectivity index (χ4v) is 7.60. The summed E-state index contributed by atoms with van der Waals surface area (Å²) in [5.41, 5.74) is 0.159. The minimum absolute atomic E-state index is 0.00488. The van der Waals surface area contributed by atoms with Gasteiger partial charge in [-0.2, -0.15) is 0 Å².